The van der Waals surface area contributed by atoms with Crippen LogP contribution in [-0.4, -0.2) is 11.2 Å². The summed E-state index contributed by atoms with van der Waals surface area (Å²) in [4.78, 5) is 0. The third-order valence-electron chi connectivity index (χ3n) is 0. The fraction of sp³-hybridized carbons (Fsp3) is 1.00. The molecule has 0 spiro atoms. The molecule has 0 saturated heterocycles. The Balaban J connectivity index is 0. The van der Waals surface area contributed by atoms with Crippen LogP contribution in [0.4, 0.5) is 0 Å². The van der Waals surface area contributed by atoms with Gasteiger partial charge in [-0.05, 0) is 13.8 Å². The van der Waals surface area contributed by atoms with Gasteiger partial charge in [0.05, 0.1) is 0 Å². The predicted molar refractivity (Wildman–Crippen MR) is 17.4 cm³/mol. The van der Waals surface area contributed by atoms with Gasteiger partial charge in [-0.15, -0.1) is 0 Å². The van der Waals surface area contributed by atoms with Gasteiger partial charge in [-0.1, -0.05) is 0 Å². The number of hydrogen-bond acceptors (Lipinski definition) is 1. The van der Waals surface area contributed by atoms with Crippen molar-refractivity contribution in [2.75, 3.05) is 0 Å². The molecule has 0 bridgehead atoms. The number of rotatable bonds is 0. The largest absolute Gasteiger partial charge is 3.00 e. The Morgan fingerprint density at radius 2 is 1.40 bits per heavy atom. The van der Waals surface area contributed by atoms with Gasteiger partial charge in [-0.25, -0.2) is 0 Å². The van der Waals surface area contributed by atoms with Crippen molar-refractivity contribution in [2.24, 2.45) is 0 Å². The summed E-state index contributed by atoms with van der Waals surface area (Å²) in [6.07, 6.45) is -0.167. The minimum absolute atomic E-state index is 0. The maximum atomic E-state index is 8.06. The molecule has 0 aromatic rings. The molecule has 0 aliphatic heterocycles. The van der Waals surface area contributed by atoms with Gasteiger partial charge in [0.15, 0.2) is 0 Å². The van der Waals surface area contributed by atoms with Crippen LogP contribution in [-0.2, 0) is 26.2 Å². The van der Waals surface area contributed by atoms with Gasteiger partial charge in [0, 0.05) is 6.10 Å². The molecular weight excluding hydrogens is 143 g/mol. The zero-order chi connectivity index (χ0) is 3.58. The SMILES string of the molecule is CC(C)O.[Zr+3]. The van der Waals surface area contributed by atoms with Gasteiger partial charge in [0.2, 0.25) is 0 Å². The van der Waals surface area contributed by atoms with Crippen LogP contribution in [0.15, 0.2) is 0 Å². The van der Waals surface area contributed by atoms with E-state index in [1.165, 1.54) is 0 Å². The summed E-state index contributed by atoms with van der Waals surface area (Å²) in [6.45, 7) is 3.44. The molecule has 0 unspecified atom stereocenters. The number of aliphatic hydroxyl groups excluding tert-OH is 1. The smallest absolute Gasteiger partial charge is 0.394 e. The van der Waals surface area contributed by atoms with Crippen LogP contribution in [0, 0.1) is 0 Å². The summed E-state index contributed by atoms with van der Waals surface area (Å²) >= 11 is 0. The van der Waals surface area contributed by atoms with Crippen molar-refractivity contribution in [3.63, 3.8) is 0 Å². The second-order valence-electron chi connectivity index (χ2n) is 1.09. The van der Waals surface area contributed by atoms with E-state index in [1.54, 1.807) is 13.8 Å². The van der Waals surface area contributed by atoms with Crippen LogP contribution >= 0.6 is 0 Å². The third-order valence-corrected chi connectivity index (χ3v) is 0. The van der Waals surface area contributed by atoms with Crippen LogP contribution in [0.25, 0.3) is 0 Å². The first-order valence-electron chi connectivity index (χ1n) is 1.41. The van der Waals surface area contributed by atoms with Crippen LogP contribution in [0.2, 0.25) is 0 Å². The third kappa shape index (κ3) is 55.1. The van der Waals surface area contributed by atoms with Gasteiger partial charge >= 0.3 is 26.2 Å². The Kier molecular flexibility index (Phi) is 8.99. The minimum atomic E-state index is -0.167. The minimum Gasteiger partial charge on any atom is -0.394 e. The van der Waals surface area contributed by atoms with Gasteiger partial charge in [0.1, 0.15) is 0 Å². The van der Waals surface area contributed by atoms with Crippen LogP contribution in [0.3, 0.4) is 0 Å². The fourth-order valence-electron chi connectivity index (χ4n) is 0. The summed E-state index contributed by atoms with van der Waals surface area (Å²) in [6, 6.07) is 0. The van der Waals surface area contributed by atoms with E-state index in [9.17, 15) is 0 Å². The van der Waals surface area contributed by atoms with Crippen molar-refractivity contribution >= 4 is 0 Å². The first kappa shape index (κ1) is 9.28. The summed E-state index contributed by atoms with van der Waals surface area (Å²) in [5.41, 5.74) is 0. The molecule has 1 nitrogen and oxygen atoms in total. The number of hydrogen-bond donors (Lipinski definition) is 1. The monoisotopic (exact) mass is 150 g/mol. The van der Waals surface area contributed by atoms with Gasteiger partial charge in [-0.3, -0.25) is 0 Å². The van der Waals surface area contributed by atoms with Crippen molar-refractivity contribution in [2.45, 2.75) is 20.0 Å². The van der Waals surface area contributed by atoms with Crippen molar-refractivity contribution in [1.29, 1.82) is 0 Å². The fourth-order valence-corrected chi connectivity index (χ4v) is 0. The average molecular weight is 151 g/mol. The topological polar surface area (TPSA) is 20.2 Å². The summed E-state index contributed by atoms with van der Waals surface area (Å²) in [5.74, 6) is 0. The van der Waals surface area contributed by atoms with Crippen molar-refractivity contribution in [3.8, 4) is 0 Å². The molecule has 1 N–H and O–H groups in total. The van der Waals surface area contributed by atoms with E-state index in [-0.39, 0.29) is 32.3 Å². The van der Waals surface area contributed by atoms with E-state index in [0.29, 0.717) is 0 Å². The first-order chi connectivity index (χ1) is 1.73. The Morgan fingerprint density at radius 1 is 1.40 bits per heavy atom. The molecule has 0 amide bonds. The van der Waals surface area contributed by atoms with E-state index < -0.39 is 0 Å². The summed E-state index contributed by atoms with van der Waals surface area (Å²) < 4.78 is 0. The van der Waals surface area contributed by atoms with Gasteiger partial charge < -0.3 is 5.11 Å². The van der Waals surface area contributed by atoms with E-state index in [1.807, 2.05) is 0 Å². The zero-order valence-corrected chi connectivity index (χ0v) is 5.98. The molecule has 0 atom stereocenters. The summed E-state index contributed by atoms with van der Waals surface area (Å²) in [5, 5.41) is 8.06. The Morgan fingerprint density at radius 3 is 1.40 bits per heavy atom. The molecule has 27 valence electrons. The molecule has 5 heavy (non-hydrogen) atoms. The molecule has 0 saturated carbocycles. The molecule has 0 aromatic carbocycles. The Hall–Kier alpha value is 0.843. The molecule has 0 fully saturated rings. The molecule has 0 heterocycles. The molecule has 0 aliphatic rings. The standard InChI is InChI=1S/C3H8O.Zr/c1-3(2)4;/h3-4H,1-2H3;/q;+3. The summed E-state index contributed by atoms with van der Waals surface area (Å²) in [7, 11) is 0. The molecule has 1 radical (unpaired) electrons. The van der Waals surface area contributed by atoms with E-state index in [0.717, 1.165) is 0 Å². The predicted octanol–water partition coefficient (Wildman–Crippen LogP) is 0.385. The number of aliphatic hydroxyl groups is 1. The van der Waals surface area contributed by atoms with E-state index in [2.05, 4.69) is 0 Å². The van der Waals surface area contributed by atoms with Gasteiger partial charge in [-0.2, -0.15) is 0 Å². The van der Waals surface area contributed by atoms with Crippen molar-refractivity contribution in [1.82, 2.24) is 0 Å². The first-order valence-corrected chi connectivity index (χ1v) is 1.41. The Bertz CT molecular complexity index is 11.6. The van der Waals surface area contributed by atoms with Crippen LogP contribution in [0.5, 0.6) is 0 Å². The molecule has 0 aromatic heterocycles. The van der Waals surface area contributed by atoms with E-state index >= 15 is 0 Å². The van der Waals surface area contributed by atoms with Crippen molar-refractivity contribution < 1.29 is 31.3 Å². The normalized spacial score (nSPS) is 7.20. The average Bonchev–Trinajstić information content (AvgIpc) is 0.811. The Labute approximate surface area is 51.5 Å². The maximum absolute atomic E-state index is 8.06. The molecule has 0 aliphatic carbocycles. The zero-order valence-electron chi connectivity index (χ0n) is 3.52. The van der Waals surface area contributed by atoms with Crippen molar-refractivity contribution in [3.05, 3.63) is 0 Å². The quantitative estimate of drug-likeness (QED) is 0.531. The second kappa shape index (κ2) is 4.84. The van der Waals surface area contributed by atoms with Crippen LogP contribution in [0.1, 0.15) is 13.8 Å². The maximum Gasteiger partial charge on any atom is 3.00 e. The molecular formula is C3H8OZr+3. The second-order valence-corrected chi connectivity index (χ2v) is 1.09. The van der Waals surface area contributed by atoms with Gasteiger partial charge in [0.25, 0.3) is 0 Å². The molecule has 0 rings (SSSR count). The van der Waals surface area contributed by atoms with Crippen LogP contribution < -0.4 is 0 Å². The molecule has 2 heteroatoms. The van der Waals surface area contributed by atoms with E-state index in [4.69, 9.17) is 5.11 Å².